The summed E-state index contributed by atoms with van der Waals surface area (Å²) in [6.45, 7) is 3.38. The quantitative estimate of drug-likeness (QED) is 0.679. The van der Waals surface area contributed by atoms with E-state index in [2.05, 4.69) is 10.3 Å². The van der Waals surface area contributed by atoms with Crippen molar-refractivity contribution in [3.63, 3.8) is 0 Å². The molecular weight excluding hydrogens is 250 g/mol. The minimum Gasteiger partial charge on any atom is -0.320 e. The first-order valence-electron chi connectivity index (χ1n) is 5.95. The van der Waals surface area contributed by atoms with Gasteiger partial charge >= 0.3 is 0 Å². The first-order chi connectivity index (χ1) is 8.63. The van der Waals surface area contributed by atoms with E-state index in [1.807, 2.05) is 32.2 Å². The van der Waals surface area contributed by atoms with Crippen molar-refractivity contribution in [3.8, 4) is 0 Å². The molecule has 1 heterocycles. The van der Waals surface area contributed by atoms with E-state index in [4.69, 9.17) is 11.6 Å². The fourth-order valence-electron chi connectivity index (χ4n) is 1.92. The topological polar surface area (TPSA) is 46.9 Å². The summed E-state index contributed by atoms with van der Waals surface area (Å²) in [6.07, 6.45) is 0.842. The van der Waals surface area contributed by atoms with Gasteiger partial charge in [0, 0.05) is 6.54 Å². The monoisotopic (exact) mass is 265 g/mol. The third-order valence-electron chi connectivity index (χ3n) is 2.87. The van der Waals surface area contributed by atoms with Gasteiger partial charge < -0.3 is 5.32 Å². The molecule has 1 N–H and O–H groups in total. The van der Waals surface area contributed by atoms with Gasteiger partial charge in [-0.3, -0.25) is 9.36 Å². The third-order valence-corrected chi connectivity index (χ3v) is 3.16. The fraction of sp³-hybridized carbons (Fsp3) is 0.385. The second-order valence-electron chi connectivity index (χ2n) is 4.32. The number of nitrogens with zero attached hydrogens (tertiary/aromatic N) is 2. The molecule has 1 aromatic carbocycles. The van der Waals surface area contributed by atoms with E-state index in [0.717, 1.165) is 18.5 Å². The van der Waals surface area contributed by atoms with Gasteiger partial charge in [-0.25, -0.2) is 4.98 Å². The molecule has 0 spiro atoms. The highest BCUT2D eigenvalue weighted by Gasteiger charge is 2.08. The number of hydrogen-bond donors (Lipinski definition) is 1. The van der Waals surface area contributed by atoms with Crippen LogP contribution in [0.25, 0.3) is 10.9 Å². The molecule has 4 nitrogen and oxygen atoms in total. The predicted octanol–water partition coefficient (Wildman–Crippen LogP) is 1.97. The Kier molecular flexibility index (Phi) is 3.99. The van der Waals surface area contributed by atoms with Crippen LogP contribution in [0, 0.1) is 6.92 Å². The summed E-state index contributed by atoms with van der Waals surface area (Å²) < 4.78 is 1.53. The van der Waals surface area contributed by atoms with E-state index < -0.39 is 0 Å². The van der Waals surface area contributed by atoms with Crippen molar-refractivity contribution in [1.29, 1.82) is 0 Å². The molecule has 0 unspecified atom stereocenters. The zero-order chi connectivity index (χ0) is 13.1. The zero-order valence-electron chi connectivity index (χ0n) is 10.5. The van der Waals surface area contributed by atoms with Crippen LogP contribution in [0.2, 0.25) is 5.28 Å². The summed E-state index contributed by atoms with van der Waals surface area (Å²) in [5.41, 5.74) is 1.63. The molecule has 96 valence electrons. The first kappa shape index (κ1) is 13.1. The molecular formula is C13H16ClN3O. The van der Waals surface area contributed by atoms with Gasteiger partial charge in [-0.1, -0.05) is 11.6 Å². The molecule has 5 heteroatoms. The molecule has 2 aromatic rings. The van der Waals surface area contributed by atoms with E-state index in [1.54, 1.807) is 0 Å². The standard InChI is InChI=1S/C13H16ClN3O/c1-9-4-5-11-10(8-9)12(18)17(13(14)16-11)7-3-6-15-2/h4-5,8,15H,3,6-7H2,1-2H3. The number of aromatic nitrogens is 2. The lowest BCUT2D eigenvalue weighted by Gasteiger charge is -2.09. The van der Waals surface area contributed by atoms with Crippen LogP contribution in [0.4, 0.5) is 0 Å². The van der Waals surface area contributed by atoms with Gasteiger partial charge in [-0.05, 0) is 50.7 Å². The van der Waals surface area contributed by atoms with E-state index >= 15 is 0 Å². The van der Waals surface area contributed by atoms with Crippen LogP contribution in [0.5, 0.6) is 0 Å². The number of nitrogens with one attached hydrogen (secondary N) is 1. The van der Waals surface area contributed by atoms with E-state index in [0.29, 0.717) is 17.4 Å². The Morgan fingerprint density at radius 3 is 2.94 bits per heavy atom. The first-order valence-corrected chi connectivity index (χ1v) is 6.32. The molecule has 0 atom stereocenters. The molecule has 0 fully saturated rings. The van der Waals surface area contributed by atoms with Gasteiger partial charge in [0.2, 0.25) is 5.28 Å². The summed E-state index contributed by atoms with van der Waals surface area (Å²) in [5, 5.41) is 3.93. The van der Waals surface area contributed by atoms with Crippen LogP contribution >= 0.6 is 11.6 Å². The molecule has 0 aliphatic carbocycles. The summed E-state index contributed by atoms with van der Waals surface area (Å²) in [6, 6.07) is 5.61. The Labute approximate surface area is 111 Å². The zero-order valence-corrected chi connectivity index (χ0v) is 11.3. The number of aryl methyl sites for hydroxylation is 1. The fourth-order valence-corrected chi connectivity index (χ4v) is 2.17. The van der Waals surface area contributed by atoms with Crippen LogP contribution in [0.1, 0.15) is 12.0 Å². The average molecular weight is 266 g/mol. The van der Waals surface area contributed by atoms with Crippen molar-refractivity contribution in [1.82, 2.24) is 14.9 Å². The smallest absolute Gasteiger partial charge is 0.262 e. The van der Waals surface area contributed by atoms with Gasteiger partial charge in [-0.2, -0.15) is 0 Å². The van der Waals surface area contributed by atoms with Crippen molar-refractivity contribution in [2.75, 3.05) is 13.6 Å². The molecule has 0 saturated carbocycles. The normalized spacial score (nSPS) is 11.1. The Morgan fingerprint density at radius 2 is 2.22 bits per heavy atom. The highest BCUT2D eigenvalue weighted by atomic mass is 35.5. The van der Waals surface area contributed by atoms with Crippen molar-refractivity contribution >= 4 is 22.5 Å². The second-order valence-corrected chi connectivity index (χ2v) is 4.65. The van der Waals surface area contributed by atoms with Crippen molar-refractivity contribution < 1.29 is 0 Å². The Balaban J connectivity index is 2.50. The maximum Gasteiger partial charge on any atom is 0.262 e. The molecule has 2 rings (SSSR count). The maximum absolute atomic E-state index is 12.3. The molecule has 0 aliphatic heterocycles. The number of fused-ring (bicyclic) bond motifs is 1. The maximum atomic E-state index is 12.3. The molecule has 0 aliphatic rings. The molecule has 0 radical (unpaired) electrons. The summed E-state index contributed by atoms with van der Waals surface area (Å²) >= 11 is 6.06. The summed E-state index contributed by atoms with van der Waals surface area (Å²) in [4.78, 5) is 16.6. The molecule has 1 aromatic heterocycles. The van der Waals surface area contributed by atoms with Crippen molar-refractivity contribution in [2.24, 2.45) is 0 Å². The minimum absolute atomic E-state index is 0.0650. The van der Waals surface area contributed by atoms with Gasteiger partial charge in [0.05, 0.1) is 10.9 Å². The third kappa shape index (κ3) is 2.54. The highest BCUT2D eigenvalue weighted by Crippen LogP contribution is 2.13. The van der Waals surface area contributed by atoms with Gasteiger partial charge in [0.25, 0.3) is 5.56 Å². The van der Waals surface area contributed by atoms with Gasteiger partial charge in [0.15, 0.2) is 0 Å². The molecule has 0 bridgehead atoms. The van der Waals surface area contributed by atoms with Gasteiger partial charge in [-0.15, -0.1) is 0 Å². The Bertz CT molecular complexity index is 621. The highest BCUT2D eigenvalue weighted by molar-refractivity contribution is 6.28. The van der Waals surface area contributed by atoms with Crippen LogP contribution < -0.4 is 10.9 Å². The molecule has 0 amide bonds. The number of rotatable bonds is 4. The van der Waals surface area contributed by atoms with Crippen LogP contribution in [0.15, 0.2) is 23.0 Å². The lowest BCUT2D eigenvalue weighted by molar-refractivity contribution is 0.595. The minimum atomic E-state index is -0.0650. The number of hydrogen-bond acceptors (Lipinski definition) is 3. The summed E-state index contributed by atoms with van der Waals surface area (Å²) in [7, 11) is 1.88. The Hall–Kier alpha value is -1.39. The van der Waals surface area contributed by atoms with E-state index in [-0.39, 0.29) is 10.8 Å². The average Bonchev–Trinajstić information content (AvgIpc) is 2.35. The predicted molar refractivity (Wildman–Crippen MR) is 74.3 cm³/mol. The lowest BCUT2D eigenvalue weighted by atomic mass is 10.2. The van der Waals surface area contributed by atoms with Crippen molar-refractivity contribution in [3.05, 3.63) is 39.4 Å². The van der Waals surface area contributed by atoms with Crippen LogP contribution in [-0.4, -0.2) is 23.1 Å². The van der Waals surface area contributed by atoms with Crippen LogP contribution in [0.3, 0.4) is 0 Å². The largest absolute Gasteiger partial charge is 0.320 e. The van der Waals surface area contributed by atoms with E-state index in [1.165, 1.54) is 4.57 Å². The number of benzene rings is 1. The van der Waals surface area contributed by atoms with Crippen molar-refractivity contribution in [2.45, 2.75) is 19.9 Å². The number of halogens is 1. The Morgan fingerprint density at radius 1 is 1.44 bits per heavy atom. The van der Waals surface area contributed by atoms with Crippen LogP contribution in [-0.2, 0) is 6.54 Å². The lowest BCUT2D eigenvalue weighted by Crippen LogP contribution is -2.24. The SMILES string of the molecule is CNCCCn1c(Cl)nc2ccc(C)cc2c1=O. The second kappa shape index (κ2) is 5.50. The van der Waals surface area contributed by atoms with E-state index in [9.17, 15) is 4.79 Å². The molecule has 18 heavy (non-hydrogen) atoms. The molecule has 0 saturated heterocycles. The summed E-state index contributed by atoms with van der Waals surface area (Å²) in [5.74, 6) is 0. The van der Waals surface area contributed by atoms with Gasteiger partial charge in [0.1, 0.15) is 0 Å².